The van der Waals surface area contributed by atoms with Crippen molar-refractivity contribution in [2.75, 3.05) is 12.4 Å². The molecule has 2 aromatic carbocycles. The predicted octanol–water partition coefficient (Wildman–Crippen LogP) is 6.38. The maximum Gasteiger partial charge on any atom is 0.330 e. The number of hydrogen-bond acceptors (Lipinski definition) is 5. The highest BCUT2D eigenvalue weighted by Gasteiger charge is 2.43. The number of carbonyl (C=O) groups is 2. The summed E-state index contributed by atoms with van der Waals surface area (Å²) in [6, 6.07) is 11.6. The number of benzene rings is 2. The standard InChI is InChI=1S/C24H27Cl2NO4S/c1-4-5-12-30-18-9-6-16(7-10-18)22(28)27-21(24(29)31-15(2)3)14-32-23(27)17-8-11-19(25)20(26)13-17/h6-11,13,15,21,23H,4-5,12,14H2,1-3H3. The van der Waals surface area contributed by atoms with Gasteiger partial charge in [-0.3, -0.25) is 4.79 Å². The van der Waals surface area contributed by atoms with Gasteiger partial charge in [0.2, 0.25) is 0 Å². The van der Waals surface area contributed by atoms with Gasteiger partial charge in [-0.25, -0.2) is 4.79 Å². The van der Waals surface area contributed by atoms with Gasteiger partial charge in [0.25, 0.3) is 5.91 Å². The van der Waals surface area contributed by atoms with Crippen molar-refractivity contribution in [3.05, 3.63) is 63.6 Å². The van der Waals surface area contributed by atoms with E-state index in [4.69, 9.17) is 32.7 Å². The van der Waals surface area contributed by atoms with E-state index in [1.165, 1.54) is 11.8 Å². The first-order valence-electron chi connectivity index (χ1n) is 10.6. The van der Waals surface area contributed by atoms with E-state index in [1.54, 1.807) is 55.1 Å². The molecule has 1 amide bonds. The lowest BCUT2D eigenvalue weighted by molar-refractivity contribution is -0.151. The average molecular weight is 496 g/mol. The molecule has 8 heteroatoms. The number of thioether (sulfide) groups is 1. The monoisotopic (exact) mass is 495 g/mol. The zero-order valence-corrected chi connectivity index (χ0v) is 20.7. The van der Waals surface area contributed by atoms with Gasteiger partial charge < -0.3 is 14.4 Å². The van der Waals surface area contributed by atoms with Crippen molar-refractivity contribution in [2.24, 2.45) is 0 Å². The third-order valence-electron chi connectivity index (χ3n) is 4.96. The Kier molecular flexibility index (Phi) is 8.74. The molecule has 0 radical (unpaired) electrons. The van der Waals surface area contributed by atoms with Crippen LogP contribution in [0.2, 0.25) is 10.0 Å². The number of esters is 1. The van der Waals surface area contributed by atoms with Gasteiger partial charge in [-0.1, -0.05) is 42.6 Å². The smallest absolute Gasteiger partial charge is 0.330 e. The number of hydrogen-bond donors (Lipinski definition) is 0. The minimum atomic E-state index is -0.699. The minimum absolute atomic E-state index is 0.253. The lowest BCUT2D eigenvalue weighted by Gasteiger charge is -2.29. The molecule has 1 heterocycles. The molecule has 1 aliphatic heterocycles. The van der Waals surface area contributed by atoms with Crippen molar-refractivity contribution in [2.45, 2.75) is 51.1 Å². The van der Waals surface area contributed by atoms with E-state index in [1.807, 2.05) is 6.07 Å². The van der Waals surface area contributed by atoms with Crippen molar-refractivity contribution in [1.82, 2.24) is 4.90 Å². The van der Waals surface area contributed by atoms with E-state index >= 15 is 0 Å². The summed E-state index contributed by atoms with van der Waals surface area (Å²) < 4.78 is 11.1. The van der Waals surface area contributed by atoms with Crippen LogP contribution in [0.1, 0.15) is 54.9 Å². The van der Waals surface area contributed by atoms with Crippen molar-refractivity contribution in [3.63, 3.8) is 0 Å². The molecule has 3 rings (SSSR count). The molecular formula is C24H27Cl2NO4S. The topological polar surface area (TPSA) is 55.8 Å². The average Bonchev–Trinajstić information content (AvgIpc) is 3.21. The van der Waals surface area contributed by atoms with Crippen LogP contribution < -0.4 is 4.74 Å². The van der Waals surface area contributed by atoms with Crippen LogP contribution in [-0.2, 0) is 9.53 Å². The molecule has 2 atom stereocenters. The van der Waals surface area contributed by atoms with E-state index in [9.17, 15) is 9.59 Å². The van der Waals surface area contributed by atoms with Crippen LogP contribution in [0, 0.1) is 0 Å². The largest absolute Gasteiger partial charge is 0.494 e. The van der Waals surface area contributed by atoms with Gasteiger partial charge in [0.15, 0.2) is 0 Å². The van der Waals surface area contributed by atoms with Crippen LogP contribution in [0.5, 0.6) is 5.75 Å². The lowest BCUT2D eigenvalue weighted by atomic mass is 10.1. The quantitative estimate of drug-likeness (QED) is 0.314. The van der Waals surface area contributed by atoms with Gasteiger partial charge in [0.1, 0.15) is 17.2 Å². The second-order valence-electron chi connectivity index (χ2n) is 7.80. The molecule has 0 aromatic heterocycles. The Morgan fingerprint density at radius 2 is 1.84 bits per heavy atom. The number of carbonyl (C=O) groups excluding carboxylic acids is 2. The van der Waals surface area contributed by atoms with Gasteiger partial charge >= 0.3 is 5.97 Å². The highest BCUT2D eigenvalue weighted by atomic mass is 35.5. The summed E-state index contributed by atoms with van der Waals surface area (Å²) in [6.45, 7) is 6.32. The molecule has 1 fully saturated rings. The first kappa shape index (κ1) is 24.7. The molecule has 0 saturated carbocycles. The predicted molar refractivity (Wildman–Crippen MR) is 130 cm³/mol. The maximum atomic E-state index is 13.6. The summed E-state index contributed by atoms with van der Waals surface area (Å²) in [7, 11) is 0. The van der Waals surface area contributed by atoms with E-state index in [0.29, 0.717) is 33.7 Å². The number of ether oxygens (including phenoxy) is 2. The summed E-state index contributed by atoms with van der Waals surface area (Å²) in [5.41, 5.74) is 1.28. The Labute approximate surface area is 203 Å². The molecule has 0 spiro atoms. The molecule has 1 aliphatic rings. The van der Waals surface area contributed by atoms with Gasteiger partial charge in [-0.05, 0) is 62.2 Å². The number of unbranched alkanes of at least 4 members (excludes halogenated alkanes) is 1. The van der Waals surface area contributed by atoms with Crippen LogP contribution in [0.3, 0.4) is 0 Å². The molecule has 0 aliphatic carbocycles. The van der Waals surface area contributed by atoms with Gasteiger partial charge in [-0.15, -0.1) is 11.8 Å². The van der Waals surface area contributed by atoms with Crippen molar-refractivity contribution in [3.8, 4) is 5.75 Å². The molecule has 32 heavy (non-hydrogen) atoms. The molecule has 0 N–H and O–H groups in total. The lowest BCUT2D eigenvalue weighted by Crippen LogP contribution is -2.44. The zero-order valence-electron chi connectivity index (χ0n) is 18.3. The first-order valence-corrected chi connectivity index (χ1v) is 12.4. The van der Waals surface area contributed by atoms with Crippen molar-refractivity contribution < 1.29 is 19.1 Å². The van der Waals surface area contributed by atoms with Crippen molar-refractivity contribution >= 4 is 46.8 Å². The van der Waals surface area contributed by atoms with Crippen LogP contribution in [0.25, 0.3) is 0 Å². The number of amides is 1. The van der Waals surface area contributed by atoms with Crippen LogP contribution >= 0.6 is 35.0 Å². The van der Waals surface area contributed by atoms with Gasteiger partial charge in [-0.2, -0.15) is 0 Å². The van der Waals surface area contributed by atoms with E-state index in [2.05, 4.69) is 6.92 Å². The Morgan fingerprint density at radius 3 is 2.47 bits per heavy atom. The SMILES string of the molecule is CCCCOc1ccc(C(=O)N2C(C(=O)OC(C)C)CSC2c2ccc(Cl)c(Cl)c2)cc1. The molecule has 5 nitrogen and oxygen atoms in total. The minimum Gasteiger partial charge on any atom is -0.494 e. The normalized spacial score (nSPS) is 18.1. The fraction of sp³-hybridized carbons (Fsp3) is 0.417. The zero-order chi connectivity index (χ0) is 23.3. The Balaban J connectivity index is 1.88. The fourth-order valence-corrected chi connectivity index (χ4v) is 5.06. The molecule has 1 saturated heterocycles. The second kappa shape index (κ2) is 11.3. The Morgan fingerprint density at radius 1 is 1.12 bits per heavy atom. The Hall–Kier alpha value is -1.89. The van der Waals surface area contributed by atoms with Crippen LogP contribution in [0.4, 0.5) is 0 Å². The summed E-state index contributed by atoms with van der Waals surface area (Å²) in [6.07, 6.45) is 1.75. The van der Waals surface area contributed by atoms with Crippen LogP contribution in [-0.4, -0.2) is 41.3 Å². The second-order valence-corrected chi connectivity index (χ2v) is 9.73. The Bertz CT molecular complexity index is 952. The van der Waals surface area contributed by atoms with Gasteiger partial charge in [0.05, 0.1) is 22.8 Å². The number of nitrogens with zero attached hydrogens (tertiary/aromatic N) is 1. The third kappa shape index (κ3) is 5.91. The number of rotatable bonds is 8. The molecular weight excluding hydrogens is 469 g/mol. The van der Waals surface area contributed by atoms with Crippen molar-refractivity contribution in [1.29, 1.82) is 0 Å². The highest BCUT2D eigenvalue weighted by Crippen LogP contribution is 2.44. The third-order valence-corrected chi connectivity index (χ3v) is 7.02. The molecule has 2 aromatic rings. The summed E-state index contributed by atoms with van der Waals surface area (Å²) in [4.78, 5) is 27.9. The fourth-order valence-electron chi connectivity index (χ4n) is 3.35. The maximum absolute atomic E-state index is 13.6. The summed E-state index contributed by atoms with van der Waals surface area (Å²) >= 11 is 13.8. The van der Waals surface area contributed by atoms with Crippen LogP contribution in [0.15, 0.2) is 42.5 Å². The summed E-state index contributed by atoms with van der Waals surface area (Å²) in [5, 5.41) is 0.451. The highest BCUT2D eigenvalue weighted by molar-refractivity contribution is 7.99. The summed E-state index contributed by atoms with van der Waals surface area (Å²) in [5.74, 6) is 0.475. The number of halogens is 2. The molecule has 172 valence electrons. The van der Waals surface area contributed by atoms with Gasteiger partial charge in [0, 0.05) is 11.3 Å². The first-order chi connectivity index (χ1) is 15.3. The molecule has 0 bridgehead atoms. The van der Waals surface area contributed by atoms with E-state index < -0.39 is 12.0 Å². The molecule has 2 unspecified atom stereocenters. The van der Waals surface area contributed by atoms with E-state index in [0.717, 1.165) is 18.4 Å². The van der Waals surface area contributed by atoms with E-state index in [-0.39, 0.29) is 17.4 Å².